The molecule has 1 rings (SSSR count). The molecule has 18 heavy (non-hydrogen) atoms. The number of nitrogens with one attached hydrogen (secondary N) is 1. The molecule has 1 aromatic rings. The van der Waals surface area contributed by atoms with Crippen molar-refractivity contribution in [2.45, 2.75) is 31.0 Å². The Hall–Kier alpha value is 0.0500. The smallest absolute Gasteiger partial charge is 0.250 e. The lowest BCUT2D eigenvalue weighted by atomic mass is 10.1. The Morgan fingerprint density at radius 3 is 2.56 bits per heavy atom. The van der Waals surface area contributed by atoms with E-state index in [0.717, 1.165) is 3.79 Å². The Bertz CT molecular complexity index is 470. The molecule has 1 N–H and O–H groups in total. The highest BCUT2D eigenvalue weighted by molar-refractivity contribution is 9.11. The predicted octanol–water partition coefficient (Wildman–Crippen LogP) is 2.85. The Morgan fingerprint density at radius 2 is 2.11 bits per heavy atom. The van der Waals surface area contributed by atoms with Crippen LogP contribution in [0.1, 0.15) is 20.8 Å². The number of hydrogen-bond donors (Lipinski definition) is 1. The molecule has 104 valence electrons. The van der Waals surface area contributed by atoms with Crippen LogP contribution in [0.3, 0.4) is 0 Å². The van der Waals surface area contributed by atoms with Gasteiger partial charge in [-0.25, -0.2) is 13.1 Å². The summed E-state index contributed by atoms with van der Waals surface area (Å²) in [5, 5.41) is 0. The van der Waals surface area contributed by atoms with Crippen molar-refractivity contribution in [2.75, 3.05) is 13.2 Å². The van der Waals surface area contributed by atoms with Gasteiger partial charge in [-0.15, -0.1) is 11.3 Å². The molecule has 0 amide bonds. The van der Waals surface area contributed by atoms with Gasteiger partial charge in [0, 0.05) is 12.6 Å². The van der Waals surface area contributed by atoms with Gasteiger partial charge in [0.15, 0.2) is 0 Å². The van der Waals surface area contributed by atoms with Crippen LogP contribution in [0.4, 0.5) is 0 Å². The third-order valence-corrected chi connectivity index (χ3v) is 6.03. The molecule has 0 fully saturated rings. The molecule has 1 aromatic heterocycles. The molecule has 0 aliphatic rings. The summed E-state index contributed by atoms with van der Waals surface area (Å²) in [4.78, 5) is 0. The summed E-state index contributed by atoms with van der Waals surface area (Å²) in [5.41, 5.74) is 0. The van der Waals surface area contributed by atoms with E-state index in [1.807, 2.05) is 20.8 Å². The van der Waals surface area contributed by atoms with Crippen LogP contribution < -0.4 is 4.72 Å². The van der Waals surface area contributed by atoms with Crippen LogP contribution >= 0.6 is 27.3 Å². The lowest BCUT2D eigenvalue weighted by Crippen LogP contribution is -2.41. The van der Waals surface area contributed by atoms with E-state index in [0.29, 0.717) is 17.4 Å². The second kappa shape index (κ2) is 7.00. The quantitative estimate of drug-likeness (QED) is 0.817. The zero-order valence-electron chi connectivity index (χ0n) is 10.6. The highest BCUT2D eigenvalue weighted by Gasteiger charge is 2.23. The van der Waals surface area contributed by atoms with Crippen molar-refractivity contribution >= 4 is 37.3 Å². The van der Waals surface area contributed by atoms with E-state index in [2.05, 4.69) is 20.7 Å². The minimum atomic E-state index is -3.46. The van der Waals surface area contributed by atoms with Gasteiger partial charge in [0.1, 0.15) is 4.21 Å². The number of hydrogen-bond acceptors (Lipinski definition) is 4. The Labute approximate surface area is 121 Å². The maximum Gasteiger partial charge on any atom is 0.250 e. The summed E-state index contributed by atoms with van der Waals surface area (Å²) in [5.74, 6) is 0.176. The first kappa shape index (κ1) is 16.1. The van der Waals surface area contributed by atoms with Crippen molar-refractivity contribution in [2.24, 2.45) is 5.92 Å². The minimum Gasteiger partial charge on any atom is -0.380 e. The van der Waals surface area contributed by atoms with Crippen LogP contribution in [-0.4, -0.2) is 27.7 Å². The van der Waals surface area contributed by atoms with Gasteiger partial charge in [-0.3, -0.25) is 0 Å². The second-order valence-corrected chi connectivity index (χ2v) is 8.59. The molecule has 0 aliphatic carbocycles. The molecular weight excluding hydrogens is 338 g/mol. The van der Waals surface area contributed by atoms with Gasteiger partial charge in [-0.1, -0.05) is 13.8 Å². The van der Waals surface area contributed by atoms with E-state index in [1.165, 1.54) is 11.3 Å². The fourth-order valence-electron chi connectivity index (χ4n) is 1.31. The predicted molar refractivity (Wildman–Crippen MR) is 77.5 cm³/mol. The molecule has 7 heteroatoms. The van der Waals surface area contributed by atoms with Gasteiger partial charge in [0.05, 0.1) is 10.4 Å². The van der Waals surface area contributed by atoms with Gasteiger partial charge >= 0.3 is 0 Å². The first-order valence-corrected chi connectivity index (χ1v) is 8.81. The third-order valence-electron chi connectivity index (χ3n) is 2.43. The van der Waals surface area contributed by atoms with E-state index in [9.17, 15) is 8.42 Å². The number of sulfonamides is 1. The molecule has 0 radical (unpaired) electrons. The highest BCUT2D eigenvalue weighted by atomic mass is 79.9. The van der Waals surface area contributed by atoms with Gasteiger partial charge in [-0.2, -0.15) is 0 Å². The molecule has 0 aromatic carbocycles. The number of rotatable bonds is 7. The zero-order chi connectivity index (χ0) is 13.8. The van der Waals surface area contributed by atoms with Crippen molar-refractivity contribution < 1.29 is 13.2 Å². The summed E-state index contributed by atoms with van der Waals surface area (Å²) in [6.07, 6.45) is 0. The van der Waals surface area contributed by atoms with Crippen molar-refractivity contribution in [3.8, 4) is 0 Å². The third kappa shape index (κ3) is 4.62. The van der Waals surface area contributed by atoms with E-state index in [4.69, 9.17) is 4.74 Å². The molecule has 1 unspecified atom stereocenters. The fourth-order valence-corrected chi connectivity index (χ4v) is 4.70. The fraction of sp³-hybridized carbons (Fsp3) is 0.636. The molecule has 0 spiro atoms. The highest BCUT2D eigenvalue weighted by Crippen LogP contribution is 2.26. The first-order valence-electron chi connectivity index (χ1n) is 5.72. The molecule has 1 atom stereocenters. The monoisotopic (exact) mass is 355 g/mol. The molecule has 1 heterocycles. The van der Waals surface area contributed by atoms with Gasteiger partial charge in [-0.05, 0) is 40.9 Å². The largest absolute Gasteiger partial charge is 0.380 e. The average molecular weight is 356 g/mol. The van der Waals surface area contributed by atoms with Crippen molar-refractivity contribution in [1.29, 1.82) is 0 Å². The minimum absolute atomic E-state index is 0.176. The Kier molecular flexibility index (Phi) is 6.26. The standard InChI is InChI=1S/C11H18BrNO3S2/c1-4-16-7-9(8(2)3)13-18(14,15)11-6-5-10(12)17-11/h5-6,8-9,13H,4,7H2,1-3H3. The lowest BCUT2D eigenvalue weighted by molar-refractivity contribution is 0.116. The van der Waals surface area contributed by atoms with Crippen LogP contribution in [0.2, 0.25) is 0 Å². The second-order valence-electron chi connectivity index (χ2n) is 4.19. The van der Waals surface area contributed by atoms with Crippen LogP contribution in [0.5, 0.6) is 0 Å². The summed E-state index contributed by atoms with van der Waals surface area (Å²) in [6, 6.07) is 3.11. The number of ether oxygens (including phenoxy) is 1. The summed E-state index contributed by atoms with van der Waals surface area (Å²) in [6.45, 7) is 6.80. The van der Waals surface area contributed by atoms with E-state index in [-0.39, 0.29) is 12.0 Å². The molecule has 0 bridgehead atoms. The van der Waals surface area contributed by atoms with E-state index < -0.39 is 10.0 Å². The molecular formula is C11H18BrNO3S2. The van der Waals surface area contributed by atoms with Crippen LogP contribution in [-0.2, 0) is 14.8 Å². The molecule has 0 saturated heterocycles. The molecule has 0 saturated carbocycles. The average Bonchev–Trinajstić information content (AvgIpc) is 2.71. The van der Waals surface area contributed by atoms with E-state index >= 15 is 0 Å². The SMILES string of the molecule is CCOCC(NS(=O)(=O)c1ccc(Br)s1)C(C)C. The van der Waals surface area contributed by atoms with Crippen LogP contribution in [0.15, 0.2) is 20.1 Å². The maximum atomic E-state index is 12.1. The zero-order valence-corrected chi connectivity index (χ0v) is 13.9. The lowest BCUT2D eigenvalue weighted by Gasteiger charge is -2.21. The van der Waals surface area contributed by atoms with Crippen molar-refractivity contribution in [3.05, 3.63) is 15.9 Å². The summed E-state index contributed by atoms with van der Waals surface area (Å²) >= 11 is 4.46. The molecule has 0 aliphatic heterocycles. The Morgan fingerprint density at radius 1 is 1.44 bits per heavy atom. The molecule has 4 nitrogen and oxygen atoms in total. The maximum absolute atomic E-state index is 12.1. The van der Waals surface area contributed by atoms with Crippen LogP contribution in [0.25, 0.3) is 0 Å². The summed E-state index contributed by atoms with van der Waals surface area (Å²) < 4.78 is 33.4. The van der Waals surface area contributed by atoms with Gasteiger partial charge in [0.2, 0.25) is 10.0 Å². The first-order chi connectivity index (χ1) is 8.36. The normalized spacial score (nSPS) is 14.1. The topological polar surface area (TPSA) is 55.4 Å². The Balaban J connectivity index is 2.79. The number of thiophene rings is 1. The van der Waals surface area contributed by atoms with Crippen LogP contribution in [0, 0.1) is 5.92 Å². The van der Waals surface area contributed by atoms with Crippen molar-refractivity contribution in [3.63, 3.8) is 0 Å². The van der Waals surface area contributed by atoms with Crippen molar-refractivity contribution in [1.82, 2.24) is 4.72 Å². The van der Waals surface area contributed by atoms with Gasteiger partial charge in [0.25, 0.3) is 0 Å². The summed E-state index contributed by atoms with van der Waals surface area (Å²) in [7, 11) is -3.46. The number of halogens is 1. The van der Waals surface area contributed by atoms with Gasteiger partial charge < -0.3 is 4.74 Å². The van der Waals surface area contributed by atoms with E-state index in [1.54, 1.807) is 12.1 Å².